The molecule has 0 unspecified atom stereocenters. The summed E-state index contributed by atoms with van der Waals surface area (Å²) in [5.41, 5.74) is 1.65. The number of halogens is 1. The molecular formula is C17H14BrN3O3S2. The largest absolute Gasteiger partial charge is 0.332 e. The van der Waals surface area contributed by atoms with Crippen molar-refractivity contribution in [3.8, 4) is 0 Å². The van der Waals surface area contributed by atoms with E-state index in [-0.39, 0.29) is 10.8 Å². The molecule has 0 saturated carbocycles. The average Bonchev–Trinajstić information content (AvgIpc) is 3.03. The first-order valence-electron chi connectivity index (χ1n) is 7.41. The van der Waals surface area contributed by atoms with Crippen molar-refractivity contribution in [3.63, 3.8) is 0 Å². The highest BCUT2D eigenvalue weighted by Gasteiger charge is 2.12. The molecule has 2 aromatic carbocycles. The molecule has 0 radical (unpaired) electrons. The van der Waals surface area contributed by atoms with Gasteiger partial charge in [-0.3, -0.25) is 4.79 Å². The average molecular weight is 452 g/mol. The van der Waals surface area contributed by atoms with Gasteiger partial charge in [0, 0.05) is 27.5 Å². The SMILES string of the molecule is CS(=O)(=O)c1ccc(Nc2nc(C(=O)Nc3cccc(Br)c3)cs2)cc1. The Kier molecular flexibility index (Phi) is 5.40. The zero-order chi connectivity index (χ0) is 18.7. The maximum Gasteiger partial charge on any atom is 0.275 e. The minimum atomic E-state index is -3.23. The molecule has 0 bridgehead atoms. The number of carbonyl (C=O) groups is 1. The third-order valence-electron chi connectivity index (χ3n) is 3.35. The Labute approximate surface area is 163 Å². The monoisotopic (exact) mass is 451 g/mol. The third kappa shape index (κ3) is 4.69. The van der Waals surface area contributed by atoms with Crippen LogP contribution < -0.4 is 10.6 Å². The quantitative estimate of drug-likeness (QED) is 0.603. The van der Waals surface area contributed by atoms with E-state index in [2.05, 4.69) is 31.5 Å². The van der Waals surface area contributed by atoms with Gasteiger partial charge in [0.15, 0.2) is 15.0 Å². The van der Waals surface area contributed by atoms with E-state index in [1.54, 1.807) is 29.6 Å². The molecule has 9 heteroatoms. The molecule has 3 rings (SSSR count). The van der Waals surface area contributed by atoms with Gasteiger partial charge in [0.2, 0.25) is 0 Å². The van der Waals surface area contributed by atoms with Crippen molar-refractivity contribution in [3.05, 3.63) is 64.1 Å². The Morgan fingerprint density at radius 1 is 1.12 bits per heavy atom. The van der Waals surface area contributed by atoms with Crippen LogP contribution in [0.4, 0.5) is 16.5 Å². The van der Waals surface area contributed by atoms with Gasteiger partial charge in [0.05, 0.1) is 4.90 Å². The predicted octanol–water partition coefficient (Wildman–Crippen LogP) is 4.31. The van der Waals surface area contributed by atoms with Gasteiger partial charge in [-0.15, -0.1) is 11.3 Å². The first kappa shape index (κ1) is 18.6. The zero-order valence-electron chi connectivity index (χ0n) is 13.6. The first-order chi connectivity index (χ1) is 12.3. The molecule has 26 heavy (non-hydrogen) atoms. The summed E-state index contributed by atoms with van der Waals surface area (Å²) in [6.07, 6.45) is 1.16. The van der Waals surface area contributed by atoms with E-state index < -0.39 is 9.84 Å². The summed E-state index contributed by atoms with van der Waals surface area (Å²) in [4.78, 5) is 16.8. The van der Waals surface area contributed by atoms with Gasteiger partial charge in [-0.1, -0.05) is 22.0 Å². The fourth-order valence-electron chi connectivity index (χ4n) is 2.11. The van der Waals surface area contributed by atoms with Crippen molar-refractivity contribution >= 4 is 59.5 Å². The van der Waals surface area contributed by atoms with Crippen molar-refractivity contribution in [1.29, 1.82) is 0 Å². The number of hydrogen-bond acceptors (Lipinski definition) is 6. The number of hydrogen-bond donors (Lipinski definition) is 2. The van der Waals surface area contributed by atoms with Gasteiger partial charge < -0.3 is 10.6 Å². The molecule has 0 spiro atoms. The molecule has 2 N–H and O–H groups in total. The normalized spacial score (nSPS) is 11.2. The Morgan fingerprint density at radius 3 is 2.50 bits per heavy atom. The van der Waals surface area contributed by atoms with Crippen molar-refractivity contribution in [1.82, 2.24) is 4.98 Å². The van der Waals surface area contributed by atoms with Crippen molar-refractivity contribution in [2.24, 2.45) is 0 Å². The molecule has 0 aliphatic carbocycles. The van der Waals surface area contributed by atoms with Crippen LogP contribution in [0.2, 0.25) is 0 Å². The Morgan fingerprint density at radius 2 is 1.85 bits per heavy atom. The number of benzene rings is 2. The number of nitrogens with zero attached hydrogens (tertiary/aromatic N) is 1. The molecule has 1 heterocycles. The van der Waals surface area contributed by atoms with E-state index in [9.17, 15) is 13.2 Å². The van der Waals surface area contributed by atoms with E-state index in [1.165, 1.54) is 23.5 Å². The van der Waals surface area contributed by atoms with E-state index in [0.717, 1.165) is 10.7 Å². The van der Waals surface area contributed by atoms with Crippen molar-refractivity contribution in [2.45, 2.75) is 4.90 Å². The van der Waals surface area contributed by atoms with Crippen LogP contribution in [0.25, 0.3) is 0 Å². The summed E-state index contributed by atoms with van der Waals surface area (Å²) in [5.74, 6) is -0.306. The molecule has 0 atom stereocenters. The van der Waals surface area contributed by atoms with Crippen LogP contribution in [-0.4, -0.2) is 25.6 Å². The number of thiazole rings is 1. The van der Waals surface area contributed by atoms with Crippen LogP contribution in [0.3, 0.4) is 0 Å². The van der Waals surface area contributed by atoms with Crippen LogP contribution in [0.5, 0.6) is 0 Å². The Bertz CT molecular complexity index is 1050. The number of rotatable bonds is 5. The van der Waals surface area contributed by atoms with Gasteiger partial charge in [-0.05, 0) is 42.5 Å². The van der Waals surface area contributed by atoms with Crippen LogP contribution in [0, 0.1) is 0 Å². The van der Waals surface area contributed by atoms with Gasteiger partial charge in [0.1, 0.15) is 5.69 Å². The number of aromatic nitrogens is 1. The maximum atomic E-state index is 12.3. The summed E-state index contributed by atoms with van der Waals surface area (Å²) in [6, 6.07) is 13.6. The lowest BCUT2D eigenvalue weighted by Crippen LogP contribution is -2.12. The number of amides is 1. The lowest BCUT2D eigenvalue weighted by atomic mass is 10.3. The van der Waals surface area contributed by atoms with Crippen LogP contribution in [-0.2, 0) is 9.84 Å². The molecule has 0 saturated heterocycles. The van der Waals surface area contributed by atoms with E-state index in [1.807, 2.05) is 12.1 Å². The molecule has 3 aromatic rings. The summed E-state index contributed by atoms with van der Waals surface area (Å²) in [6.45, 7) is 0. The van der Waals surface area contributed by atoms with E-state index in [4.69, 9.17) is 0 Å². The third-order valence-corrected chi connectivity index (χ3v) is 5.73. The topological polar surface area (TPSA) is 88.2 Å². The number of anilines is 3. The smallest absolute Gasteiger partial charge is 0.275 e. The fourth-order valence-corrected chi connectivity index (χ4v) is 3.85. The highest BCUT2D eigenvalue weighted by Crippen LogP contribution is 2.23. The summed E-state index contributed by atoms with van der Waals surface area (Å²) in [5, 5.41) is 8.03. The zero-order valence-corrected chi connectivity index (χ0v) is 16.8. The standard InChI is InChI=1S/C17H14BrN3O3S2/c1-26(23,24)14-7-5-12(6-8-14)20-17-21-15(10-25-17)16(22)19-13-4-2-3-11(18)9-13/h2-10H,1H3,(H,19,22)(H,20,21). The fraction of sp³-hybridized carbons (Fsp3) is 0.0588. The highest BCUT2D eigenvalue weighted by atomic mass is 79.9. The second-order valence-electron chi connectivity index (χ2n) is 5.42. The number of sulfone groups is 1. The van der Waals surface area contributed by atoms with Gasteiger partial charge >= 0.3 is 0 Å². The molecule has 134 valence electrons. The van der Waals surface area contributed by atoms with Crippen LogP contribution in [0.1, 0.15) is 10.5 Å². The minimum Gasteiger partial charge on any atom is -0.332 e. The summed E-state index contributed by atoms with van der Waals surface area (Å²) in [7, 11) is -3.23. The van der Waals surface area contributed by atoms with Crippen molar-refractivity contribution < 1.29 is 13.2 Å². The highest BCUT2D eigenvalue weighted by molar-refractivity contribution is 9.10. The molecule has 1 amide bonds. The summed E-state index contributed by atoms with van der Waals surface area (Å²) < 4.78 is 23.8. The molecule has 1 aromatic heterocycles. The molecule has 0 aliphatic heterocycles. The van der Waals surface area contributed by atoms with Gasteiger partial charge in [-0.2, -0.15) is 0 Å². The van der Waals surface area contributed by atoms with Crippen LogP contribution >= 0.6 is 27.3 Å². The summed E-state index contributed by atoms with van der Waals surface area (Å²) >= 11 is 4.64. The van der Waals surface area contributed by atoms with Crippen LogP contribution in [0.15, 0.2) is 63.3 Å². The lowest BCUT2D eigenvalue weighted by Gasteiger charge is -2.04. The molecule has 6 nitrogen and oxygen atoms in total. The van der Waals surface area contributed by atoms with Gasteiger partial charge in [-0.25, -0.2) is 13.4 Å². The Balaban J connectivity index is 1.68. The minimum absolute atomic E-state index is 0.247. The maximum absolute atomic E-state index is 12.3. The molecule has 0 fully saturated rings. The number of nitrogens with one attached hydrogen (secondary N) is 2. The first-order valence-corrected chi connectivity index (χ1v) is 11.0. The molecule has 0 aliphatic rings. The molecular weight excluding hydrogens is 438 g/mol. The lowest BCUT2D eigenvalue weighted by molar-refractivity contribution is 0.102. The second kappa shape index (κ2) is 7.56. The second-order valence-corrected chi connectivity index (χ2v) is 9.21. The van der Waals surface area contributed by atoms with Gasteiger partial charge in [0.25, 0.3) is 5.91 Å². The Hall–Kier alpha value is -2.23. The number of carbonyl (C=O) groups excluding carboxylic acids is 1. The van der Waals surface area contributed by atoms with E-state index >= 15 is 0 Å². The van der Waals surface area contributed by atoms with E-state index in [0.29, 0.717) is 22.2 Å². The predicted molar refractivity (Wildman–Crippen MR) is 107 cm³/mol. The van der Waals surface area contributed by atoms with Crippen molar-refractivity contribution in [2.75, 3.05) is 16.9 Å².